The zero-order valence-corrected chi connectivity index (χ0v) is 13.8. The average Bonchev–Trinajstić information content (AvgIpc) is 3.09. The molecular formula is C17H17N5O3. The van der Waals surface area contributed by atoms with Crippen LogP contribution in [0.3, 0.4) is 0 Å². The Bertz CT molecular complexity index is 832. The number of ether oxygens (including phenoxy) is 2. The lowest BCUT2D eigenvalue weighted by molar-refractivity contribution is 0.102. The molecule has 0 aliphatic rings. The SMILES string of the molecule is CC(C)Oc1cccc(C(=O)Nc2ccc(Oc3nn[nH]n3)cc2)c1. The summed E-state index contributed by atoms with van der Waals surface area (Å²) in [6.07, 6.45) is 0.0464. The number of nitrogens with zero attached hydrogens (tertiary/aromatic N) is 3. The standard InChI is InChI=1S/C17H17N5O3/c1-11(2)24-15-5-3-4-12(10-15)16(23)18-13-6-8-14(9-7-13)25-17-19-21-22-20-17/h3-11H,1-2H3,(H,18,23)(H,19,20,21,22). The van der Waals surface area contributed by atoms with Gasteiger partial charge >= 0.3 is 6.01 Å². The second kappa shape index (κ2) is 7.43. The van der Waals surface area contributed by atoms with Crippen LogP contribution in [0.1, 0.15) is 24.2 Å². The molecule has 1 heterocycles. The number of tetrazole rings is 1. The zero-order valence-electron chi connectivity index (χ0n) is 13.8. The first-order valence-electron chi connectivity index (χ1n) is 7.69. The molecule has 0 fully saturated rings. The Morgan fingerprint density at radius 2 is 1.92 bits per heavy atom. The number of aromatic amines is 1. The predicted molar refractivity (Wildman–Crippen MR) is 90.9 cm³/mol. The Kier molecular flexibility index (Phi) is 4.89. The van der Waals surface area contributed by atoms with Crippen molar-refractivity contribution in [3.05, 3.63) is 54.1 Å². The lowest BCUT2D eigenvalue weighted by atomic mass is 10.2. The summed E-state index contributed by atoms with van der Waals surface area (Å²) in [4.78, 5) is 12.4. The Labute approximate surface area is 144 Å². The fourth-order valence-electron chi connectivity index (χ4n) is 2.09. The molecule has 8 heteroatoms. The van der Waals surface area contributed by atoms with E-state index >= 15 is 0 Å². The number of amides is 1. The first-order valence-corrected chi connectivity index (χ1v) is 7.69. The van der Waals surface area contributed by atoms with Crippen molar-refractivity contribution in [1.82, 2.24) is 20.6 Å². The largest absolute Gasteiger partial charge is 0.491 e. The first kappa shape index (κ1) is 16.4. The summed E-state index contributed by atoms with van der Waals surface area (Å²) in [6.45, 7) is 3.87. The average molecular weight is 339 g/mol. The summed E-state index contributed by atoms with van der Waals surface area (Å²) in [5.41, 5.74) is 1.16. The van der Waals surface area contributed by atoms with Crippen LogP contribution in [0.15, 0.2) is 48.5 Å². The minimum Gasteiger partial charge on any atom is -0.491 e. The summed E-state index contributed by atoms with van der Waals surface area (Å²) in [7, 11) is 0. The van der Waals surface area contributed by atoms with Crippen molar-refractivity contribution in [1.29, 1.82) is 0 Å². The number of anilines is 1. The Morgan fingerprint density at radius 3 is 2.60 bits per heavy atom. The molecule has 0 bridgehead atoms. The topological polar surface area (TPSA) is 102 Å². The molecule has 3 aromatic rings. The van der Waals surface area contributed by atoms with Gasteiger partial charge in [0, 0.05) is 11.3 Å². The molecule has 2 aromatic carbocycles. The monoisotopic (exact) mass is 339 g/mol. The van der Waals surface area contributed by atoms with Crippen molar-refractivity contribution >= 4 is 11.6 Å². The molecule has 25 heavy (non-hydrogen) atoms. The number of rotatable bonds is 6. The van der Waals surface area contributed by atoms with E-state index in [0.29, 0.717) is 22.7 Å². The second-order valence-electron chi connectivity index (χ2n) is 5.47. The summed E-state index contributed by atoms with van der Waals surface area (Å²) in [5.74, 6) is 0.972. The van der Waals surface area contributed by atoms with Crippen LogP contribution < -0.4 is 14.8 Å². The molecule has 0 saturated heterocycles. The van der Waals surface area contributed by atoms with Gasteiger partial charge in [-0.1, -0.05) is 16.3 Å². The van der Waals surface area contributed by atoms with E-state index in [1.54, 1.807) is 42.5 Å². The number of benzene rings is 2. The molecule has 128 valence electrons. The number of nitrogens with one attached hydrogen (secondary N) is 2. The highest BCUT2D eigenvalue weighted by molar-refractivity contribution is 6.04. The van der Waals surface area contributed by atoms with E-state index in [1.807, 2.05) is 19.9 Å². The summed E-state index contributed by atoms with van der Waals surface area (Å²) in [5, 5.41) is 15.9. The Balaban J connectivity index is 1.64. The van der Waals surface area contributed by atoms with Crippen LogP contribution in [0.2, 0.25) is 0 Å². The van der Waals surface area contributed by atoms with Gasteiger partial charge < -0.3 is 14.8 Å². The van der Waals surface area contributed by atoms with Crippen LogP contribution in [0.4, 0.5) is 5.69 Å². The van der Waals surface area contributed by atoms with Gasteiger partial charge in [0.05, 0.1) is 6.10 Å². The van der Waals surface area contributed by atoms with Crippen LogP contribution in [0.25, 0.3) is 0 Å². The Hall–Kier alpha value is -3.42. The molecule has 0 saturated carbocycles. The van der Waals surface area contributed by atoms with Gasteiger partial charge in [-0.2, -0.15) is 5.21 Å². The van der Waals surface area contributed by atoms with Crippen molar-refractivity contribution in [3.63, 3.8) is 0 Å². The summed E-state index contributed by atoms with van der Waals surface area (Å²) < 4.78 is 11.0. The number of carbonyl (C=O) groups is 1. The number of H-pyrrole nitrogens is 1. The van der Waals surface area contributed by atoms with Crippen LogP contribution >= 0.6 is 0 Å². The molecule has 0 atom stereocenters. The third-order valence-corrected chi connectivity index (χ3v) is 3.12. The molecule has 8 nitrogen and oxygen atoms in total. The van der Waals surface area contributed by atoms with Crippen LogP contribution in [-0.2, 0) is 0 Å². The van der Waals surface area contributed by atoms with Crippen molar-refractivity contribution in [2.24, 2.45) is 0 Å². The highest BCUT2D eigenvalue weighted by Gasteiger charge is 2.09. The van der Waals surface area contributed by atoms with Crippen LogP contribution in [0.5, 0.6) is 17.5 Å². The molecule has 3 rings (SSSR count). The number of hydrogen-bond acceptors (Lipinski definition) is 6. The summed E-state index contributed by atoms with van der Waals surface area (Å²) >= 11 is 0. The van der Waals surface area contributed by atoms with E-state index in [0.717, 1.165) is 0 Å². The lowest BCUT2D eigenvalue weighted by Gasteiger charge is -2.11. The minimum atomic E-state index is -0.221. The molecule has 0 aliphatic carbocycles. The molecule has 0 aliphatic heterocycles. The minimum absolute atomic E-state index is 0.0464. The highest BCUT2D eigenvalue weighted by Crippen LogP contribution is 2.21. The molecule has 0 radical (unpaired) electrons. The molecule has 1 amide bonds. The van der Waals surface area contributed by atoms with E-state index in [1.165, 1.54) is 0 Å². The first-order chi connectivity index (χ1) is 12.1. The van der Waals surface area contributed by atoms with E-state index < -0.39 is 0 Å². The number of hydrogen-bond donors (Lipinski definition) is 2. The smallest absolute Gasteiger partial charge is 0.361 e. The van der Waals surface area contributed by atoms with Gasteiger partial charge in [-0.3, -0.25) is 4.79 Å². The van der Waals surface area contributed by atoms with Crippen molar-refractivity contribution in [2.45, 2.75) is 20.0 Å². The molecular weight excluding hydrogens is 322 g/mol. The van der Waals surface area contributed by atoms with Gasteiger partial charge in [0.1, 0.15) is 11.5 Å². The quantitative estimate of drug-likeness (QED) is 0.716. The molecule has 0 spiro atoms. The van der Waals surface area contributed by atoms with Crippen molar-refractivity contribution in [3.8, 4) is 17.5 Å². The fraction of sp³-hybridized carbons (Fsp3) is 0.176. The normalized spacial score (nSPS) is 10.5. The van der Waals surface area contributed by atoms with Gasteiger partial charge in [-0.25, -0.2) is 0 Å². The molecule has 0 unspecified atom stereocenters. The zero-order chi connectivity index (χ0) is 17.6. The van der Waals surface area contributed by atoms with Crippen molar-refractivity contribution < 1.29 is 14.3 Å². The predicted octanol–water partition coefficient (Wildman–Crippen LogP) is 3.03. The van der Waals surface area contributed by atoms with E-state index in [-0.39, 0.29) is 18.0 Å². The molecule has 2 N–H and O–H groups in total. The maximum absolute atomic E-state index is 12.4. The van der Waals surface area contributed by atoms with Gasteiger partial charge in [0.15, 0.2) is 0 Å². The fourth-order valence-corrected chi connectivity index (χ4v) is 2.09. The summed E-state index contributed by atoms with van der Waals surface area (Å²) in [6, 6.07) is 14.0. The van der Waals surface area contributed by atoms with E-state index in [4.69, 9.17) is 9.47 Å². The van der Waals surface area contributed by atoms with Gasteiger partial charge in [0.2, 0.25) is 0 Å². The number of aromatic nitrogens is 4. The van der Waals surface area contributed by atoms with Crippen LogP contribution in [0, 0.1) is 0 Å². The second-order valence-corrected chi connectivity index (χ2v) is 5.47. The number of carbonyl (C=O) groups excluding carboxylic acids is 1. The highest BCUT2D eigenvalue weighted by atomic mass is 16.5. The third-order valence-electron chi connectivity index (χ3n) is 3.12. The van der Waals surface area contributed by atoms with Crippen LogP contribution in [-0.4, -0.2) is 32.6 Å². The van der Waals surface area contributed by atoms with Gasteiger partial charge in [-0.15, -0.1) is 0 Å². The lowest BCUT2D eigenvalue weighted by Crippen LogP contribution is -2.12. The van der Waals surface area contributed by atoms with Crippen molar-refractivity contribution in [2.75, 3.05) is 5.32 Å². The maximum atomic E-state index is 12.4. The van der Waals surface area contributed by atoms with Gasteiger partial charge in [0.25, 0.3) is 5.91 Å². The Morgan fingerprint density at radius 1 is 1.12 bits per heavy atom. The third kappa shape index (κ3) is 4.54. The maximum Gasteiger partial charge on any atom is 0.361 e. The van der Waals surface area contributed by atoms with Gasteiger partial charge in [-0.05, 0) is 61.5 Å². The van der Waals surface area contributed by atoms with E-state index in [9.17, 15) is 4.79 Å². The van der Waals surface area contributed by atoms with E-state index in [2.05, 4.69) is 25.9 Å². The molecule has 1 aromatic heterocycles.